The van der Waals surface area contributed by atoms with Crippen molar-refractivity contribution < 1.29 is 14.3 Å². The average molecular weight is 261 g/mol. The van der Waals surface area contributed by atoms with Crippen molar-refractivity contribution in [3.63, 3.8) is 0 Å². The average Bonchev–Trinajstić information content (AvgIpc) is 2.33. The minimum absolute atomic E-state index is 0.375. The molecule has 0 bridgehead atoms. The summed E-state index contributed by atoms with van der Waals surface area (Å²) in [7, 11) is 0. The number of alkyl carbamates (subject to hydrolysis) is 1. The fourth-order valence-electron chi connectivity index (χ4n) is 1.39. The van der Waals surface area contributed by atoms with Gasteiger partial charge in [-0.05, 0) is 32.4 Å². The van der Waals surface area contributed by atoms with Gasteiger partial charge >= 0.3 is 6.09 Å². The summed E-state index contributed by atoms with van der Waals surface area (Å²) < 4.78 is 5.10. The lowest BCUT2D eigenvalue weighted by Gasteiger charge is -2.19. The van der Waals surface area contributed by atoms with Crippen LogP contribution in [0, 0.1) is 0 Å². The largest absolute Gasteiger partial charge is 0.444 e. The first kappa shape index (κ1) is 15.0. The summed E-state index contributed by atoms with van der Waals surface area (Å²) in [6, 6.07) is 7.21. The molecule has 0 aliphatic carbocycles. The topological polar surface area (TPSA) is 55.4 Å². The van der Waals surface area contributed by atoms with Crippen LogP contribution in [0.1, 0.15) is 36.7 Å². The predicted molar refractivity (Wildman–Crippen MR) is 75.1 cm³/mol. The van der Waals surface area contributed by atoms with Crippen LogP contribution in [0.3, 0.4) is 0 Å². The maximum atomic E-state index is 11.4. The van der Waals surface area contributed by atoms with Gasteiger partial charge in [-0.25, -0.2) is 4.79 Å². The summed E-state index contributed by atoms with van der Waals surface area (Å²) >= 11 is 0. The van der Waals surface area contributed by atoms with E-state index in [1.54, 1.807) is 18.2 Å². The summed E-state index contributed by atoms with van der Waals surface area (Å²) in [5, 5.41) is 2.62. The Kier molecular flexibility index (Phi) is 5.30. The highest BCUT2D eigenvalue weighted by atomic mass is 16.6. The number of hydrogen-bond acceptors (Lipinski definition) is 3. The smallest absolute Gasteiger partial charge is 0.407 e. The number of aldehydes is 1. The molecule has 1 rings (SSSR count). The van der Waals surface area contributed by atoms with Crippen LogP contribution in [0.2, 0.25) is 0 Å². The van der Waals surface area contributed by atoms with E-state index in [1.807, 2.05) is 39.0 Å². The molecule has 102 valence electrons. The first-order chi connectivity index (χ1) is 8.90. The van der Waals surface area contributed by atoms with Crippen molar-refractivity contribution in [3.8, 4) is 0 Å². The fourth-order valence-corrected chi connectivity index (χ4v) is 1.39. The van der Waals surface area contributed by atoms with Crippen LogP contribution in [-0.2, 0) is 4.74 Å². The van der Waals surface area contributed by atoms with Gasteiger partial charge in [0.15, 0.2) is 0 Å². The van der Waals surface area contributed by atoms with E-state index in [1.165, 1.54) is 0 Å². The molecule has 0 aromatic heterocycles. The molecule has 0 radical (unpaired) electrons. The minimum atomic E-state index is -0.494. The van der Waals surface area contributed by atoms with E-state index in [4.69, 9.17) is 4.74 Å². The Morgan fingerprint density at radius 1 is 1.32 bits per heavy atom. The summed E-state index contributed by atoms with van der Waals surface area (Å²) in [4.78, 5) is 22.0. The van der Waals surface area contributed by atoms with Gasteiger partial charge in [0, 0.05) is 12.1 Å². The van der Waals surface area contributed by atoms with Crippen molar-refractivity contribution in [3.05, 3.63) is 41.5 Å². The van der Waals surface area contributed by atoms with E-state index in [2.05, 4.69) is 5.32 Å². The third-order valence-corrected chi connectivity index (χ3v) is 2.12. The molecular weight excluding hydrogens is 242 g/mol. The van der Waals surface area contributed by atoms with Crippen LogP contribution >= 0.6 is 0 Å². The Bertz CT molecular complexity index is 473. The summed E-state index contributed by atoms with van der Waals surface area (Å²) in [5.41, 5.74) is 1.05. The number of carbonyl (C=O) groups excluding carboxylic acids is 2. The molecule has 0 fully saturated rings. The Hall–Kier alpha value is -2.10. The number of rotatable bonds is 4. The lowest BCUT2D eigenvalue weighted by atomic mass is 10.1. The van der Waals surface area contributed by atoms with E-state index in [-0.39, 0.29) is 0 Å². The molecule has 19 heavy (non-hydrogen) atoms. The lowest BCUT2D eigenvalue weighted by Crippen LogP contribution is -2.32. The first-order valence-corrected chi connectivity index (χ1v) is 6.09. The molecule has 4 nitrogen and oxygen atoms in total. The fraction of sp³-hybridized carbons (Fsp3) is 0.333. The molecule has 0 saturated carbocycles. The second kappa shape index (κ2) is 6.73. The Labute approximate surface area is 113 Å². The number of benzene rings is 1. The summed E-state index contributed by atoms with van der Waals surface area (Å²) in [6.45, 7) is 5.81. The number of nitrogens with one attached hydrogen (secondary N) is 1. The third kappa shape index (κ3) is 6.41. The van der Waals surface area contributed by atoms with Gasteiger partial charge in [0.1, 0.15) is 11.9 Å². The molecule has 1 N–H and O–H groups in total. The number of carbonyl (C=O) groups is 2. The van der Waals surface area contributed by atoms with Gasteiger partial charge in [0.25, 0.3) is 0 Å². The molecule has 1 amide bonds. The van der Waals surface area contributed by atoms with Crippen molar-refractivity contribution in [1.29, 1.82) is 0 Å². The quantitative estimate of drug-likeness (QED) is 0.847. The van der Waals surface area contributed by atoms with Crippen LogP contribution in [0.25, 0.3) is 6.08 Å². The predicted octanol–water partition coefficient (Wildman–Crippen LogP) is 3.04. The Morgan fingerprint density at radius 2 is 2.00 bits per heavy atom. The van der Waals surface area contributed by atoms with Gasteiger partial charge in [-0.1, -0.05) is 30.4 Å². The molecule has 0 aliphatic rings. The molecule has 0 spiro atoms. The SMILES string of the molecule is CC(C)(C)OC(=O)NCC=Cc1cccc(C=O)c1. The minimum Gasteiger partial charge on any atom is -0.444 e. The van der Waals surface area contributed by atoms with Crippen molar-refractivity contribution in [2.24, 2.45) is 0 Å². The number of ether oxygens (including phenoxy) is 1. The third-order valence-electron chi connectivity index (χ3n) is 2.12. The second-order valence-corrected chi connectivity index (χ2v) is 5.07. The standard InChI is InChI=1S/C15H19NO3/c1-15(2,3)19-14(18)16-9-5-8-12-6-4-7-13(10-12)11-17/h4-8,10-11H,9H2,1-3H3,(H,16,18). The highest BCUT2D eigenvalue weighted by molar-refractivity contribution is 5.76. The molecule has 4 heteroatoms. The Balaban J connectivity index is 2.42. The zero-order chi connectivity index (χ0) is 14.3. The van der Waals surface area contributed by atoms with Gasteiger partial charge in [0.2, 0.25) is 0 Å². The van der Waals surface area contributed by atoms with Crippen LogP contribution in [0.15, 0.2) is 30.3 Å². The maximum absolute atomic E-state index is 11.4. The van der Waals surface area contributed by atoms with E-state index >= 15 is 0 Å². The van der Waals surface area contributed by atoms with Crippen molar-refractivity contribution in [1.82, 2.24) is 5.32 Å². The van der Waals surface area contributed by atoms with Gasteiger partial charge in [-0.15, -0.1) is 0 Å². The summed E-state index contributed by atoms with van der Waals surface area (Å²) in [6.07, 6.45) is 3.99. The van der Waals surface area contributed by atoms with Gasteiger partial charge in [-0.3, -0.25) is 4.79 Å². The first-order valence-electron chi connectivity index (χ1n) is 6.09. The maximum Gasteiger partial charge on any atom is 0.407 e. The molecule has 0 atom stereocenters. The van der Waals surface area contributed by atoms with Gasteiger partial charge in [0.05, 0.1) is 0 Å². The molecule has 0 aliphatic heterocycles. The lowest BCUT2D eigenvalue weighted by molar-refractivity contribution is 0.0534. The molecule has 1 aromatic rings. The van der Waals surface area contributed by atoms with Crippen LogP contribution in [-0.4, -0.2) is 24.5 Å². The molecule has 0 saturated heterocycles. The summed E-state index contributed by atoms with van der Waals surface area (Å²) in [5.74, 6) is 0. The molecular formula is C15H19NO3. The monoisotopic (exact) mass is 261 g/mol. The van der Waals surface area contributed by atoms with E-state index < -0.39 is 11.7 Å². The van der Waals surface area contributed by atoms with E-state index in [0.29, 0.717) is 12.1 Å². The highest BCUT2D eigenvalue weighted by Crippen LogP contribution is 2.07. The molecule has 1 aromatic carbocycles. The van der Waals surface area contributed by atoms with E-state index in [9.17, 15) is 9.59 Å². The van der Waals surface area contributed by atoms with Crippen LogP contribution in [0.4, 0.5) is 4.79 Å². The van der Waals surface area contributed by atoms with Crippen molar-refractivity contribution >= 4 is 18.5 Å². The highest BCUT2D eigenvalue weighted by Gasteiger charge is 2.14. The second-order valence-electron chi connectivity index (χ2n) is 5.07. The zero-order valence-electron chi connectivity index (χ0n) is 11.5. The van der Waals surface area contributed by atoms with Gasteiger partial charge < -0.3 is 10.1 Å². The molecule has 0 unspecified atom stereocenters. The number of amides is 1. The zero-order valence-corrected chi connectivity index (χ0v) is 11.5. The van der Waals surface area contributed by atoms with E-state index in [0.717, 1.165) is 11.8 Å². The van der Waals surface area contributed by atoms with Crippen molar-refractivity contribution in [2.45, 2.75) is 26.4 Å². The van der Waals surface area contributed by atoms with Crippen molar-refractivity contribution in [2.75, 3.05) is 6.54 Å². The Morgan fingerprint density at radius 3 is 2.63 bits per heavy atom. The van der Waals surface area contributed by atoms with Crippen LogP contribution in [0.5, 0.6) is 0 Å². The van der Waals surface area contributed by atoms with Crippen LogP contribution < -0.4 is 5.32 Å². The normalized spacial score (nSPS) is 11.3. The molecule has 0 heterocycles. The number of hydrogen-bond donors (Lipinski definition) is 1. The van der Waals surface area contributed by atoms with Gasteiger partial charge in [-0.2, -0.15) is 0 Å².